The van der Waals surface area contributed by atoms with Crippen LogP contribution in [0.5, 0.6) is 0 Å². The van der Waals surface area contributed by atoms with E-state index in [0.717, 1.165) is 29.4 Å². The summed E-state index contributed by atoms with van der Waals surface area (Å²) in [5.41, 5.74) is 2.11. The van der Waals surface area contributed by atoms with Gasteiger partial charge in [0.25, 0.3) is 0 Å². The van der Waals surface area contributed by atoms with Crippen LogP contribution < -0.4 is 5.32 Å². The maximum absolute atomic E-state index is 4.52. The Morgan fingerprint density at radius 1 is 1.53 bits per heavy atom. The van der Waals surface area contributed by atoms with Gasteiger partial charge in [0.15, 0.2) is 0 Å². The summed E-state index contributed by atoms with van der Waals surface area (Å²) in [6.07, 6.45) is 3.89. The summed E-state index contributed by atoms with van der Waals surface area (Å²) in [5, 5.41) is 10.5. The minimum Gasteiger partial charge on any atom is -0.314 e. The Bertz CT molecular complexity index is 432. The molecule has 0 bridgehead atoms. The summed E-state index contributed by atoms with van der Waals surface area (Å²) in [5.74, 6) is 0. The van der Waals surface area contributed by atoms with Gasteiger partial charge in [-0.15, -0.1) is 11.3 Å². The van der Waals surface area contributed by atoms with Crippen LogP contribution in [0.3, 0.4) is 0 Å². The maximum Gasteiger partial charge on any atom is 0.107 e. The van der Waals surface area contributed by atoms with Crippen LogP contribution in [-0.4, -0.2) is 21.8 Å². The molecule has 0 aliphatic rings. The minimum absolute atomic E-state index is 0.826. The highest BCUT2D eigenvalue weighted by molar-refractivity contribution is 7.09. The monoisotopic (exact) mass is 222 g/mol. The Labute approximate surface area is 93.0 Å². The molecule has 4 nitrogen and oxygen atoms in total. The number of hydrogen-bond acceptors (Lipinski definition) is 4. The predicted octanol–water partition coefficient (Wildman–Crippen LogP) is 1.75. The van der Waals surface area contributed by atoms with Gasteiger partial charge in [0.05, 0.1) is 11.9 Å². The number of aromatic nitrogens is 3. The highest BCUT2D eigenvalue weighted by Gasteiger charge is 2.05. The fraction of sp³-hybridized carbons (Fsp3) is 0.400. The molecule has 0 unspecified atom stereocenters. The number of hydrogen-bond donors (Lipinski definition) is 1. The van der Waals surface area contributed by atoms with E-state index in [2.05, 4.69) is 27.7 Å². The topological polar surface area (TPSA) is 42.7 Å². The molecule has 0 fully saturated rings. The van der Waals surface area contributed by atoms with E-state index in [4.69, 9.17) is 0 Å². The largest absolute Gasteiger partial charge is 0.314 e. The summed E-state index contributed by atoms with van der Waals surface area (Å²) in [6, 6.07) is 0. The summed E-state index contributed by atoms with van der Waals surface area (Å²) in [4.78, 5) is 4.52. The second kappa shape index (κ2) is 4.55. The highest BCUT2D eigenvalue weighted by Crippen LogP contribution is 2.21. The van der Waals surface area contributed by atoms with Crippen LogP contribution in [0, 0.1) is 0 Å². The standard InChI is InChI=1S/C10H14N4S/c1-3-14-6-8(4-12-14)9-7-15-10(13-9)5-11-2/h4,6-7,11H,3,5H2,1-2H3. The van der Waals surface area contributed by atoms with Crippen molar-refractivity contribution in [3.05, 3.63) is 22.8 Å². The van der Waals surface area contributed by atoms with E-state index in [9.17, 15) is 0 Å². The number of rotatable bonds is 4. The van der Waals surface area contributed by atoms with Crippen LogP contribution in [-0.2, 0) is 13.1 Å². The molecule has 2 rings (SSSR count). The normalized spacial score (nSPS) is 10.8. The Kier molecular flexibility index (Phi) is 3.13. The molecule has 0 aliphatic heterocycles. The zero-order valence-electron chi connectivity index (χ0n) is 8.90. The first kappa shape index (κ1) is 10.3. The SMILES string of the molecule is CCn1cc(-c2csc(CNC)n2)cn1. The van der Waals surface area contributed by atoms with Crippen molar-refractivity contribution >= 4 is 11.3 Å². The van der Waals surface area contributed by atoms with Gasteiger partial charge in [-0.2, -0.15) is 5.10 Å². The number of nitrogens with one attached hydrogen (secondary N) is 1. The average molecular weight is 222 g/mol. The van der Waals surface area contributed by atoms with Crippen molar-refractivity contribution in [1.82, 2.24) is 20.1 Å². The van der Waals surface area contributed by atoms with Crippen LogP contribution in [0.15, 0.2) is 17.8 Å². The molecule has 0 saturated carbocycles. The zero-order chi connectivity index (χ0) is 10.7. The molecular weight excluding hydrogens is 208 g/mol. The van der Waals surface area contributed by atoms with E-state index >= 15 is 0 Å². The smallest absolute Gasteiger partial charge is 0.107 e. The zero-order valence-corrected chi connectivity index (χ0v) is 9.71. The lowest BCUT2D eigenvalue weighted by Gasteiger charge is -1.92. The van der Waals surface area contributed by atoms with Gasteiger partial charge in [0, 0.05) is 30.2 Å². The molecule has 1 N–H and O–H groups in total. The first-order valence-electron chi connectivity index (χ1n) is 4.95. The highest BCUT2D eigenvalue weighted by atomic mass is 32.1. The van der Waals surface area contributed by atoms with Crippen LogP contribution in [0.2, 0.25) is 0 Å². The molecule has 2 aromatic rings. The van der Waals surface area contributed by atoms with Crippen LogP contribution in [0.1, 0.15) is 11.9 Å². The Balaban J connectivity index is 2.21. The quantitative estimate of drug-likeness (QED) is 0.857. The van der Waals surface area contributed by atoms with Crippen molar-refractivity contribution in [2.75, 3.05) is 7.05 Å². The Hall–Kier alpha value is -1.20. The molecule has 80 valence electrons. The van der Waals surface area contributed by atoms with E-state index in [1.165, 1.54) is 0 Å². The summed E-state index contributed by atoms with van der Waals surface area (Å²) in [7, 11) is 1.93. The lowest BCUT2D eigenvalue weighted by atomic mass is 10.3. The van der Waals surface area contributed by atoms with E-state index in [1.54, 1.807) is 11.3 Å². The minimum atomic E-state index is 0.826. The van der Waals surface area contributed by atoms with Gasteiger partial charge >= 0.3 is 0 Å². The van der Waals surface area contributed by atoms with Crippen molar-refractivity contribution in [2.45, 2.75) is 20.0 Å². The fourth-order valence-electron chi connectivity index (χ4n) is 1.34. The Morgan fingerprint density at radius 2 is 2.40 bits per heavy atom. The molecule has 0 aromatic carbocycles. The molecule has 15 heavy (non-hydrogen) atoms. The summed E-state index contributed by atoms with van der Waals surface area (Å²) < 4.78 is 1.91. The van der Waals surface area contributed by atoms with Gasteiger partial charge in [-0.1, -0.05) is 0 Å². The van der Waals surface area contributed by atoms with Crippen LogP contribution >= 0.6 is 11.3 Å². The lowest BCUT2D eigenvalue weighted by Crippen LogP contribution is -2.04. The van der Waals surface area contributed by atoms with Crippen molar-refractivity contribution in [3.63, 3.8) is 0 Å². The van der Waals surface area contributed by atoms with Crippen LogP contribution in [0.25, 0.3) is 11.3 Å². The Morgan fingerprint density at radius 3 is 3.07 bits per heavy atom. The number of thiazole rings is 1. The third-order valence-corrected chi connectivity index (χ3v) is 2.98. The summed E-state index contributed by atoms with van der Waals surface area (Å²) >= 11 is 1.68. The van der Waals surface area contributed by atoms with Gasteiger partial charge in [0.2, 0.25) is 0 Å². The second-order valence-corrected chi connectivity index (χ2v) is 4.18. The van der Waals surface area contributed by atoms with Gasteiger partial charge in [-0.3, -0.25) is 4.68 Å². The predicted molar refractivity (Wildman–Crippen MR) is 61.8 cm³/mol. The van der Waals surface area contributed by atoms with E-state index < -0.39 is 0 Å². The molecule has 0 atom stereocenters. The van der Waals surface area contributed by atoms with Crippen molar-refractivity contribution in [1.29, 1.82) is 0 Å². The van der Waals surface area contributed by atoms with Gasteiger partial charge in [0.1, 0.15) is 5.01 Å². The molecular formula is C10H14N4S. The van der Waals surface area contributed by atoms with Crippen molar-refractivity contribution < 1.29 is 0 Å². The first-order chi connectivity index (χ1) is 7.33. The first-order valence-corrected chi connectivity index (χ1v) is 5.83. The molecule has 0 aliphatic carbocycles. The third kappa shape index (κ3) is 2.24. The van der Waals surface area contributed by atoms with Gasteiger partial charge in [-0.05, 0) is 14.0 Å². The van der Waals surface area contributed by atoms with Crippen molar-refractivity contribution in [2.24, 2.45) is 0 Å². The number of nitrogens with zero attached hydrogens (tertiary/aromatic N) is 3. The van der Waals surface area contributed by atoms with E-state index in [1.807, 2.05) is 24.1 Å². The molecule has 2 heterocycles. The van der Waals surface area contributed by atoms with Gasteiger partial charge in [-0.25, -0.2) is 4.98 Å². The maximum atomic E-state index is 4.52. The van der Waals surface area contributed by atoms with E-state index in [-0.39, 0.29) is 0 Å². The molecule has 0 spiro atoms. The molecule has 2 aromatic heterocycles. The number of aryl methyl sites for hydroxylation is 1. The second-order valence-electron chi connectivity index (χ2n) is 3.24. The van der Waals surface area contributed by atoms with Crippen molar-refractivity contribution in [3.8, 4) is 11.3 Å². The fourth-order valence-corrected chi connectivity index (χ4v) is 2.16. The molecule has 0 amide bonds. The van der Waals surface area contributed by atoms with Crippen LogP contribution in [0.4, 0.5) is 0 Å². The van der Waals surface area contributed by atoms with Gasteiger partial charge < -0.3 is 5.32 Å². The third-order valence-electron chi connectivity index (χ3n) is 2.13. The molecule has 0 radical (unpaired) electrons. The molecule has 0 saturated heterocycles. The summed E-state index contributed by atoms with van der Waals surface area (Å²) in [6.45, 7) is 3.80. The van der Waals surface area contributed by atoms with E-state index in [0.29, 0.717) is 0 Å². The average Bonchev–Trinajstić information content (AvgIpc) is 2.85. The molecule has 5 heteroatoms. The lowest BCUT2D eigenvalue weighted by molar-refractivity contribution is 0.660.